The van der Waals surface area contributed by atoms with Crippen molar-refractivity contribution in [3.63, 3.8) is 0 Å². The van der Waals surface area contributed by atoms with Crippen LogP contribution in [0.4, 0.5) is 13.2 Å². The molecule has 2 aromatic carbocycles. The van der Waals surface area contributed by atoms with E-state index < -0.39 is 30.7 Å². The van der Waals surface area contributed by atoms with E-state index in [0.29, 0.717) is 11.3 Å². The lowest BCUT2D eigenvalue weighted by Gasteiger charge is -2.37. The fourth-order valence-corrected chi connectivity index (χ4v) is 3.77. The number of carbonyl (C=O) groups excluding carboxylic acids is 1. The summed E-state index contributed by atoms with van der Waals surface area (Å²) >= 11 is 0. The molecule has 9 heteroatoms. The molecule has 2 atom stereocenters. The van der Waals surface area contributed by atoms with Crippen LogP contribution in [0.3, 0.4) is 0 Å². The Labute approximate surface area is 191 Å². The van der Waals surface area contributed by atoms with Gasteiger partial charge in [-0.15, -0.1) is 0 Å². The first-order chi connectivity index (χ1) is 15.5. The molecule has 0 radical (unpaired) electrons. The molecule has 0 aliphatic rings. The number of methoxy groups -OCH3 is 2. The van der Waals surface area contributed by atoms with Crippen molar-refractivity contribution in [2.45, 2.75) is 38.5 Å². The molecule has 0 spiro atoms. The van der Waals surface area contributed by atoms with Crippen LogP contribution in [0.2, 0.25) is 0 Å². The highest BCUT2D eigenvalue weighted by molar-refractivity contribution is 5.80. The molecule has 0 saturated heterocycles. The SMILES string of the molecule is COc1ccc(-c2ccc([C@H](N(CC#N)[C@@H](CC(C)C)C(N)=O)C(F)(F)F)c(OC)c2)cc1. The highest BCUT2D eigenvalue weighted by Crippen LogP contribution is 2.44. The minimum Gasteiger partial charge on any atom is -0.497 e. The number of alkyl halides is 3. The molecule has 6 nitrogen and oxygen atoms in total. The van der Waals surface area contributed by atoms with E-state index in [1.165, 1.54) is 26.4 Å². The van der Waals surface area contributed by atoms with E-state index in [-0.39, 0.29) is 23.7 Å². The third-order valence-electron chi connectivity index (χ3n) is 5.27. The van der Waals surface area contributed by atoms with Gasteiger partial charge in [0.15, 0.2) is 0 Å². The Kier molecular flexibility index (Phi) is 8.71. The van der Waals surface area contributed by atoms with Gasteiger partial charge in [-0.1, -0.05) is 38.1 Å². The van der Waals surface area contributed by atoms with Crippen molar-refractivity contribution in [3.8, 4) is 28.7 Å². The number of hydrogen-bond acceptors (Lipinski definition) is 5. The van der Waals surface area contributed by atoms with Crippen LogP contribution < -0.4 is 15.2 Å². The Morgan fingerprint density at radius 2 is 1.70 bits per heavy atom. The lowest BCUT2D eigenvalue weighted by atomic mass is 9.94. The van der Waals surface area contributed by atoms with Crippen molar-refractivity contribution in [3.05, 3.63) is 48.0 Å². The van der Waals surface area contributed by atoms with Crippen molar-refractivity contribution in [1.29, 1.82) is 5.26 Å². The molecular formula is C24H28F3N3O3. The number of carbonyl (C=O) groups is 1. The first kappa shape index (κ1) is 26.0. The first-order valence-corrected chi connectivity index (χ1v) is 10.3. The number of halogens is 3. The number of amides is 1. The van der Waals surface area contributed by atoms with E-state index >= 15 is 0 Å². The number of ether oxygens (including phenoxy) is 2. The monoisotopic (exact) mass is 463 g/mol. The Hall–Kier alpha value is -3.25. The van der Waals surface area contributed by atoms with Gasteiger partial charge >= 0.3 is 6.18 Å². The van der Waals surface area contributed by atoms with Gasteiger partial charge < -0.3 is 15.2 Å². The fraction of sp³-hybridized carbons (Fsp3) is 0.417. The summed E-state index contributed by atoms with van der Waals surface area (Å²) < 4.78 is 53.6. The molecule has 1 amide bonds. The van der Waals surface area contributed by atoms with E-state index in [2.05, 4.69) is 0 Å². The third-order valence-corrected chi connectivity index (χ3v) is 5.27. The molecule has 2 aromatic rings. The Bertz CT molecular complexity index is 985. The highest BCUT2D eigenvalue weighted by atomic mass is 19.4. The van der Waals surface area contributed by atoms with Crippen molar-refractivity contribution in [2.75, 3.05) is 20.8 Å². The van der Waals surface area contributed by atoms with Gasteiger partial charge in [-0.05, 0) is 41.7 Å². The summed E-state index contributed by atoms with van der Waals surface area (Å²) in [6, 6.07) is 9.62. The van der Waals surface area contributed by atoms with Gasteiger partial charge in [0, 0.05) is 5.56 Å². The van der Waals surface area contributed by atoms with Gasteiger partial charge in [0.05, 0.1) is 32.9 Å². The average Bonchev–Trinajstić information content (AvgIpc) is 2.76. The molecule has 178 valence electrons. The summed E-state index contributed by atoms with van der Waals surface area (Å²) in [6.45, 7) is 2.91. The minimum atomic E-state index is -4.80. The van der Waals surface area contributed by atoms with E-state index in [9.17, 15) is 23.2 Å². The van der Waals surface area contributed by atoms with Gasteiger partial charge in [-0.2, -0.15) is 18.4 Å². The van der Waals surface area contributed by atoms with Gasteiger partial charge in [0.1, 0.15) is 17.5 Å². The lowest BCUT2D eigenvalue weighted by Crippen LogP contribution is -2.51. The zero-order chi connectivity index (χ0) is 24.8. The van der Waals surface area contributed by atoms with Gasteiger partial charge in [-0.3, -0.25) is 9.69 Å². The summed E-state index contributed by atoms with van der Waals surface area (Å²) in [7, 11) is 2.81. The molecule has 0 fully saturated rings. The van der Waals surface area contributed by atoms with Crippen molar-refractivity contribution in [2.24, 2.45) is 11.7 Å². The highest BCUT2D eigenvalue weighted by Gasteiger charge is 2.49. The van der Waals surface area contributed by atoms with E-state index in [1.807, 2.05) is 0 Å². The number of nitrogens with two attached hydrogens (primary N) is 1. The second-order valence-electron chi connectivity index (χ2n) is 8.01. The maximum absolute atomic E-state index is 14.4. The van der Waals surface area contributed by atoms with Gasteiger partial charge in [0.25, 0.3) is 0 Å². The zero-order valence-corrected chi connectivity index (χ0v) is 19.0. The standard InChI is InChI=1S/C24H28F3N3O3/c1-15(2)13-20(23(29)31)30(12-11-28)22(24(25,26)27)19-10-7-17(14-21(19)33-4)16-5-8-18(32-3)9-6-16/h5-10,14-15,20,22H,12-13H2,1-4H3,(H2,29,31)/t20-,22-/m0/s1. The maximum atomic E-state index is 14.4. The molecule has 0 aromatic heterocycles. The molecule has 0 bridgehead atoms. The molecule has 0 aliphatic carbocycles. The maximum Gasteiger partial charge on any atom is 0.408 e. The Morgan fingerprint density at radius 3 is 2.15 bits per heavy atom. The molecule has 2 rings (SSSR count). The molecule has 33 heavy (non-hydrogen) atoms. The van der Waals surface area contributed by atoms with Crippen LogP contribution >= 0.6 is 0 Å². The number of benzene rings is 2. The van der Waals surface area contributed by atoms with Crippen LogP contribution in [-0.4, -0.2) is 43.8 Å². The predicted octanol–water partition coefficient (Wildman–Crippen LogP) is 4.70. The fourth-order valence-electron chi connectivity index (χ4n) is 3.77. The number of primary amides is 1. The van der Waals surface area contributed by atoms with Gasteiger partial charge in [-0.25, -0.2) is 0 Å². The van der Waals surface area contributed by atoms with Crippen LogP contribution in [0.1, 0.15) is 31.9 Å². The molecule has 0 aliphatic heterocycles. The number of rotatable bonds is 10. The number of nitriles is 1. The van der Waals surface area contributed by atoms with Crippen LogP contribution in [0.5, 0.6) is 11.5 Å². The largest absolute Gasteiger partial charge is 0.497 e. The second-order valence-corrected chi connectivity index (χ2v) is 8.01. The predicted molar refractivity (Wildman–Crippen MR) is 119 cm³/mol. The van der Waals surface area contributed by atoms with Crippen LogP contribution in [0, 0.1) is 17.2 Å². The molecule has 2 N–H and O–H groups in total. The first-order valence-electron chi connectivity index (χ1n) is 10.3. The smallest absolute Gasteiger partial charge is 0.408 e. The van der Waals surface area contributed by atoms with E-state index in [0.717, 1.165) is 10.5 Å². The second kappa shape index (κ2) is 11.1. The summed E-state index contributed by atoms with van der Waals surface area (Å²) in [5.41, 5.74) is 6.67. The van der Waals surface area contributed by atoms with Crippen LogP contribution in [-0.2, 0) is 4.79 Å². The quantitative estimate of drug-likeness (QED) is 0.516. The van der Waals surface area contributed by atoms with Crippen molar-refractivity contribution in [1.82, 2.24) is 4.90 Å². The molecule has 0 saturated carbocycles. The zero-order valence-electron chi connectivity index (χ0n) is 19.0. The van der Waals surface area contributed by atoms with Crippen LogP contribution in [0.15, 0.2) is 42.5 Å². The van der Waals surface area contributed by atoms with Crippen molar-refractivity contribution < 1.29 is 27.4 Å². The van der Waals surface area contributed by atoms with E-state index in [4.69, 9.17) is 15.2 Å². The Morgan fingerprint density at radius 1 is 1.09 bits per heavy atom. The van der Waals surface area contributed by atoms with E-state index in [1.54, 1.807) is 50.2 Å². The normalized spacial score (nSPS) is 13.5. The summed E-state index contributed by atoms with van der Waals surface area (Å²) in [5.74, 6) is -0.394. The molecular weight excluding hydrogens is 435 g/mol. The molecule has 0 unspecified atom stereocenters. The van der Waals surface area contributed by atoms with Gasteiger partial charge in [0.2, 0.25) is 5.91 Å². The summed E-state index contributed by atoms with van der Waals surface area (Å²) in [4.78, 5) is 12.9. The third kappa shape index (κ3) is 6.39. The topological polar surface area (TPSA) is 88.6 Å². The lowest BCUT2D eigenvalue weighted by molar-refractivity contribution is -0.192. The number of hydrogen-bond donors (Lipinski definition) is 1. The summed E-state index contributed by atoms with van der Waals surface area (Å²) in [5, 5.41) is 9.27. The minimum absolute atomic E-state index is 0.0126. The number of nitrogens with zero attached hydrogens (tertiary/aromatic N) is 2. The van der Waals surface area contributed by atoms with Crippen LogP contribution in [0.25, 0.3) is 11.1 Å². The molecule has 0 heterocycles. The summed E-state index contributed by atoms with van der Waals surface area (Å²) in [6.07, 6.45) is -4.72. The Balaban J connectivity index is 2.62. The average molecular weight is 464 g/mol. The van der Waals surface area contributed by atoms with Crippen molar-refractivity contribution >= 4 is 5.91 Å².